The number of hydrogen-bond acceptors (Lipinski definition) is 1. The second-order valence-corrected chi connectivity index (χ2v) is 3.44. The molecule has 0 amide bonds. The first-order chi connectivity index (χ1) is 5.85. The summed E-state index contributed by atoms with van der Waals surface area (Å²) < 4.78 is 0. The van der Waals surface area contributed by atoms with Crippen LogP contribution in [-0.2, 0) is 0 Å². The van der Waals surface area contributed by atoms with Gasteiger partial charge in [0.25, 0.3) is 0 Å². The molecule has 68 valence electrons. The second-order valence-electron chi connectivity index (χ2n) is 3.44. The molecule has 0 saturated carbocycles. The predicted octanol–water partition coefficient (Wildman–Crippen LogP) is 2.48. The van der Waals surface area contributed by atoms with Gasteiger partial charge < -0.3 is 0 Å². The number of rotatable bonds is 8. The van der Waals surface area contributed by atoms with Gasteiger partial charge >= 0.3 is 86.9 Å². The van der Waals surface area contributed by atoms with Gasteiger partial charge in [-0.3, -0.25) is 0 Å². The summed E-state index contributed by atoms with van der Waals surface area (Å²) in [5.74, 6) is 0. The average Bonchev–Trinajstić information content (AvgIpc) is 2.11. The molecule has 0 aromatic rings. The van der Waals surface area contributed by atoms with Crippen molar-refractivity contribution in [2.45, 2.75) is 44.6 Å². The van der Waals surface area contributed by atoms with E-state index in [1.807, 2.05) is 0 Å². The van der Waals surface area contributed by atoms with Crippen molar-refractivity contribution in [1.82, 2.24) is 4.90 Å². The van der Waals surface area contributed by atoms with Gasteiger partial charge in [0.15, 0.2) is 0 Å². The van der Waals surface area contributed by atoms with Crippen molar-refractivity contribution in [3.05, 3.63) is 0 Å². The Morgan fingerprint density at radius 1 is 0.917 bits per heavy atom. The maximum absolute atomic E-state index is 2.51. The zero-order valence-electron chi connectivity index (χ0n) is 9.10. The van der Waals surface area contributed by atoms with E-state index in [-0.39, 0.29) is 0 Å². The molecule has 12 heavy (non-hydrogen) atoms. The summed E-state index contributed by atoms with van der Waals surface area (Å²) in [5.41, 5.74) is 0. The van der Waals surface area contributed by atoms with E-state index in [1.165, 1.54) is 50.4 Å². The predicted molar refractivity (Wildman–Crippen MR) is 56.8 cm³/mol. The molecular weight excluding hydrogens is 141 g/mol. The van der Waals surface area contributed by atoms with E-state index in [9.17, 15) is 0 Å². The van der Waals surface area contributed by atoms with Gasteiger partial charge in [-0.25, -0.2) is 0 Å². The van der Waals surface area contributed by atoms with E-state index in [0.29, 0.717) is 0 Å². The Balaban J connectivity index is 3.06. The molecule has 0 N–H and O–H groups in total. The van der Waals surface area contributed by atoms with Crippen LogP contribution in [0.2, 0.25) is 5.09 Å². The fourth-order valence-corrected chi connectivity index (χ4v) is 1.48. The van der Waals surface area contributed by atoms with E-state index in [1.54, 1.807) is 0 Å². The molecule has 0 heterocycles. The van der Waals surface area contributed by atoms with Crippen LogP contribution in [-0.4, -0.2) is 42.2 Å². The molecule has 0 atom stereocenters. The summed E-state index contributed by atoms with van der Waals surface area (Å²) >= 11 is 2.27. The molecule has 0 rings (SSSR count). The monoisotopic (exact) mass is 163 g/mol. The molecule has 0 aliphatic heterocycles. The van der Waals surface area contributed by atoms with Gasteiger partial charge in [0.05, 0.1) is 0 Å². The molecular formula is C10H22LiN. The van der Waals surface area contributed by atoms with Crippen LogP contribution < -0.4 is 0 Å². The molecule has 0 aromatic carbocycles. The van der Waals surface area contributed by atoms with Crippen LogP contribution in [0.15, 0.2) is 0 Å². The minimum absolute atomic E-state index is 1.21. The molecule has 0 aliphatic rings. The van der Waals surface area contributed by atoms with Crippen molar-refractivity contribution in [3.63, 3.8) is 0 Å². The summed E-state index contributed by atoms with van der Waals surface area (Å²) in [5, 5.41) is 1.35. The topological polar surface area (TPSA) is 3.24 Å². The third-order valence-corrected chi connectivity index (χ3v) is 2.47. The Morgan fingerprint density at radius 2 is 1.50 bits per heavy atom. The standard InChI is InChI=1S/C10H22N.Li/c1-4-7-8-9-10-11(5-2)6-3;/h1,4-10H2,2-3H3;. The van der Waals surface area contributed by atoms with E-state index >= 15 is 0 Å². The zero-order valence-corrected chi connectivity index (χ0v) is 9.10. The van der Waals surface area contributed by atoms with Crippen molar-refractivity contribution in [3.8, 4) is 0 Å². The Morgan fingerprint density at radius 3 is 2.00 bits per heavy atom. The van der Waals surface area contributed by atoms with Gasteiger partial charge in [0.2, 0.25) is 0 Å². The van der Waals surface area contributed by atoms with Gasteiger partial charge in [-0.15, -0.1) is 0 Å². The SMILES string of the molecule is [Li][CH2]CCCCCN(CC)CC. The van der Waals surface area contributed by atoms with Crippen LogP contribution in [0.3, 0.4) is 0 Å². The fraction of sp³-hybridized carbons (Fsp3) is 1.00. The fourth-order valence-electron chi connectivity index (χ4n) is 1.48. The molecule has 0 unspecified atom stereocenters. The molecule has 0 fully saturated rings. The van der Waals surface area contributed by atoms with Crippen molar-refractivity contribution >= 4 is 17.7 Å². The summed E-state index contributed by atoms with van der Waals surface area (Å²) in [7, 11) is 0. The summed E-state index contributed by atoms with van der Waals surface area (Å²) in [6, 6.07) is 0. The molecule has 0 bridgehead atoms. The minimum atomic E-state index is 1.21. The number of nitrogens with zero attached hydrogens (tertiary/aromatic N) is 1. The molecule has 2 heteroatoms. The zero-order chi connectivity index (χ0) is 9.23. The van der Waals surface area contributed by atoms with E-state index in [4.69, 9.17) is 0 Å². The first-order valence-electron chi connectivity index (χ1n) is 5.57. The molecule has 1 nitrogen and oxygen atoms in total. The summed E-state index contributed by atoms with van der Waals surface area (Å²) in [4.78, 5) is 2.51. The van der Waals surface area contributed by atoms with Gasteiger partial charge in [0, 0.05) is 0 Å². The van der Waals surface area contributed by atoms with Crippen LogP contribution in [0.4, 0.5) is 0 Å². The van der Waals surface area contributed by atoms with Crippen molar-refractivity contribution in [2.24, 2.45) is 0 Å². The van der Waals surface area contributed by atoms with Crippen molar-refractivity contribution < 1.29 is 0 Å². The van der Waals surface area contributed by atoms with Gasteiger partial charge in [0.1, 0.15) is 0 Å². The van der Waals surface area contributed by atoms with E-state index in [2.05, 4.69) is 36.5 Å². The Hall–Kier alpha value is 0.557. The van der Waals surface area contributed by atoms with Crippen molar-refractivity contribution in [1.29, 1.82) is 0 Å². The van der Waals surface area contributed by atoms with Gasteiger partial charge in [-0.2, -0.15) is 0 Å². The Labute approximate surface area is 87.1 Å². The van der Waals surface area contributed by atoms with Crippen molar-refractivity contribution in [2.75, 3.05) is 19.6 Å². The average molecular weight is 163 g/mol. The molecule has 0 aliphatic carbocycles. The quantitative estimate of drug-likeness (QED) is 0.392. The van der Waals surface area contributed by atoms with Crippen LogP contribution in [0, 0.1) is 0 Å². The van der Waals surface area contributed by atoms with Crippen LogP contribution in [0.1, 0.15) is 39.5 Å². The van der Waals surface area contributed by atoms with Crippen LogP contribution in [0.25, 0.3) is 0 Å². The number of unbranched alkanes of at least 4 members (excludes halogenated alkanes) is 3. The van der Waals surface area contributed by atoms with Crippen LogP contribution >= 0.6 is 0 Å². The first-order valence-corrected chi connectivity index (χ1v) is 5.57. The molecule has 0 spiro atoms. The third-order valence-electron chi connectivity index (χ3n) is 2.47. The Kier molecular flexibility index (Phi) is 10.1. The van der Waals surface area contributed by atoms with E-state index in [0.717, 1.165) is 0 Å². The number of hydrogen-bond donors (Lipinski definition) is 0. The molecule has 0 radical (unpaired) electrons. The summed E-state index contributed by atoms with van der Waals surface area (Å²) in [6.07, 6.45) is 5.65. The van der Waals surface area contributed by atoms with Gasteiger partial charge in [-0.1, -0.05) is 0 Å². The maximum atomic E-state index is 2.51. The second kappa shape index (κ2) is 9.64. The third kappa shape index (κ3) is 7.22. The molecule has 0 saturated heterocycles. The Bertz CT molecular complexity index is 81.9. The first kappa shape index (κ1) is 12.6. The van der Waals surface area contributed by atoms with E-state index < -0.39 is 0 Å². The summed E-state index contributed by atoms with van der Waals surface area (Å²) in [6.45, 7) is 8.22. The van der Waals surface area contributed by atoms with Gasteiger partial charge in [-0.05, 0) is 0 Å². The molecule has 0 aromatic heterocycles. The normalized spacial score (nSPS) is 11.1. The van der Waals surface area contributed by atoms with Crippen LogP contribution in [0.5, 0.6) is 0 Å².